The fourth-order valence-electron chi connectivity index (χ4n) is 1.98. The number of benzene rings is 1. The van der Waals surface area contributed by atoms with Gasteiger partial charge in [-0.15, -0.1) is 24.0 Å². The van der Waals surface area contributed by atoms with Crippen LogP contribution in [0.4, 0.5) is 0 Å². The first-order valence-corrected chi connectivity index (χ1v) is 7.88. The van der Waals surface area contributed by atoms with Gasteiger partial charge in [0.15, 0.2) is 5.96 Å². The minimum Gasteiger partial charge on any atom is -0.490 e. The molecule has 130 valence electrons. The molecular weight excluding hydrogens is 415 g/mol. The molecule has 2 N–H and O–H groups in total. The zero-order valence-corrected chi connectivity index (χ0v) is 16.5. The number of halogens is 1. The van der Waals surface area contributed by atoms with E-state index in [1.165, 1.54) is 11.1 Å². The standard InChI is InChI=1S/C18H24N4O.HI/c1-3-20-18(22-13-16-8-6-15(2)7-9-16)21-11-12-23-17-5-4-10-19-14-17;/h4-10,14H,3,11-13H2,1-2H3,(H2,20,21,22);1H. The van der Waals surface area contributed by atoms with Crippen molar-refractivity contribution in [1.29, 1.82) is 0 Å². The molecule has 6 heteroatoms. The first kappa shape index (κ1) is 20.2. The fourth-order valence-corrected chi connectivity index (χ4v) is 1.98. The molecule has 0 aliphatic rings. The van der Waals surface area contributed by atoms with Crippen LogP contribution in [0.2, 0.25) is 0 Å². The number of hydrogen-bond acceptors (Lipinski definition) is 3. The number of nitrogens with zero attached hydrogens (tertiary/aromatic N) is 2. The van der Waals surface area contributed by atoms with Gasteiger partial charge in [0.2, 0.25) is 0 Å². The van der Waals surface area contributed by atoms with Crippen LogP contribution in [0.25, 0.3) is 0 Å². The predicted molar refractivity (Wildman–Crippen MR) is 109 cm³/mol. The zero-order valence-electron chi connectivity index (χ0n) is 14.2. The summed E-state index contributed by atoms with van der Waals surface area (Å²) in [5.74, 6) is 1.57. The number of aliphatic imine (C=N–C) groups is 1. The van der Waals surface area contributed by atoms with E-state index in [9.17, 15) is 0 Å². The smallest absolute Gasteiger partial charge is 0.191 e. The summed E-state index contributed by atoms with van der Waals surface area (Å²) >= 11 is 0. The van der Waals surface area contributed by atoms with Crippen molar-refractivity contribution >= 4 is 29.9 Å². The van der Waals surface area contributed by atoms with Gasteiger partial charge in [-0.3, -0.25) is 4.98 Å². The van der Waals surface area contributed by atoms with Crippen LogP contribution in [0.15, 0.2) is 53.8 Å². The summed E-state index contributed by atoms with van der Waals surface area (Å²) in [5, 5.41) is 6.50. The van der Waals surface area contributed by atoms with E-state index in [1.807, 2.05) is 12.1 Å². The van der Waals surface area contributed by atoms with Crippen molar-refractivity contribution < 1.29 is 4.74 Å². The maximum Gasteiger partial charge on any atom is 0.191 e. The van der Waals surface area contributed by atoms with Crippen LogP contribution in [0.5, 0.6) is 5.75 Å². The molecule has 5 nitrogen and oxygen atoms in total. The largest absolute Gasteiger partial charge is 0.490 e. The molecule has 1 aromatic heterocycles. The van der Waals surface area contributed by atoms with E-state index in [4.69, 9.17) is 4.74 Å². The van der Waals surface area contributed by atoms with E-state index < -0.39 is 0 Å². The Balaban J connectivity index is 0.00000288. The van der Waals surface area contributed by atoms with Crippen molar-refractivity contribution in [3.63, 3.8) is 0 Å². The second-order valence-corrected chi connectivity index (χ2v) is 5.14. The zero-order chi connectivity index (χ0) is 16.3. The third-order valence-corrected chi connectivity index (χ3v) is 3.18. The predicted octanol–water partition coefficient (Wildman–Crippen LogP) is 3.14. The van der Waals surface area contributed by atoms with Gasteiger partial charge in [0.1, 0.15) is 12.4 Å². The van der Waals surface area contributed by atoms with Crippen LogP contribution < -0.4 is 15.4 Å². The third-order valence-electron chi connectivity index (χ3n) is 3.18. The normalized spacial score (nSPS) is 10.7. The molecule has 1 aromatic carbocycles. The second-order valence-electron chi connectivity index (χ2n) is 5.14. The van der Waals surface area contributed by atoms with Gasteiger partial charge >= 0.3 is 0 Å². The van der Waals surface area contributed by atoms with Gasteiger partial charge in [-0.2, -0.15) is 0 Å². The van der Waals surface area contributed by atoms with Crippen LogP contribution in [0.3, 0.4) is 0 Å². The van der Waals surface area contributed by atoms with Crippen molar-refractivity contribution in [1.82, 2.24) is 15.6 Å². The molecule has 0 aliphatic carbocycles. The number of aryl methyl sites for hydroxylation is 1. The van der Waals surface area contributed by atoms with E-state index >= 15 is 0 Å². The molecule has 0 saturated heterocycles. The number of ether oxygens (including phenoxy) is 1. The highest BCUT2D eigenvalue weighted by Crippen LogP contribution is 2.05. The van der Waals surface area contributed by atoms with E-state index in [2.05, 4.69) is 58.7 Å². The van der Waals surface area contributed by atoms with Crippen molar-refractivity contribution in [3.8, 4) is 5.75 Å². The summed E-state index contributed by atoms with van der Waals surface area (Å²) < 4.78 is 5.60. The molecule has 1 heterocycles. The van der Waals surface area contributed by atoms with Gasteiger partial charge in [0.05, 0.1) is 19.3 Å². The molecule has 0 amide bonds. The second kappa shape index (κ2) is 11.7. The molecular formula is C18H25IN4O. The van der Waals surface area contributed by atoms with E-state index in [-0.39, 0.29) is 24.0 Å². The monoisotopic (exact) mass is 440 g/mol. The van der Waals surface area contributed by atoms with Crippen LogP contribution in [0, 0.1) is 6.92 Å². The van der Waals surface area contributed by atoms with Crippen molar-refractivity contribution in [2.24, 2.45) is 4.99 Å². The lowest BCUT2D eigenvalue weighted by Gasteiger charge is -2.12. The highest BCUT2D eigenvalue weighted by Gasteiger charge is 1.98. The molecule has 24 heavy (non-hydrogen) atoms. The number of nitrogens with one attached hydrogen (secondary N) is 2. The average Bonchev–Trinajstić information content (AvgIpc) is 2.59. The summed E-state index contributed by atoms with van der Waals surface area (Å²) in [5.41, 5.74) is 2.45. The van der Waals surface area contributed by atoms with E-state index in [1.54, 1.807) is 12.4 Å². The molecule has 0 atom stereocenters. The van der Waals surface area contributed by atoms with Gasteiger partial charge in [0.25, 0.3) is 0 Å². The maximum absolute atomic E-state index is 5.60. The first-order valence-electron chi connectivity index (χ1n) is 7.88. The third kappa shape index (κ3) is 7.63. The first-order chi connectivity index (χ1) is 11.3. The van der Waals surface area contributed by atoms with Crippen molar-refractivity contribution in [3.05, 3.63) is 59.9 Å². The molecule has 2 rings (SSSR count). The fraction of sp³-hybridized carbons (Fsp3) is 0.333. The molecule has 0 radical (unpaired) electrons. The molecule has 0 bridgehead atoms. The number of hydrogen-bond donors (Lipinski definition) is 2. The number of pyridine rings is 1. The number of rotatable bonds is 7. The van der Waals surface area contributed by atoms with E-state index in [0.717, 1.165) is 18.3 Å². The maximum atomic E-state index is 5.60. The van der Waals surface area contributed by atoms with Gasteiger partial charge in [0, 0.05) is 12.7 Å². The average molecular weight is 440 g/mol. The lowest BCUT2D eigenvalue weighted by molar-refractivity contribution is 0.320. The summed E-state index contributed by atoms with van der Waals surface area (Å²) in [4.78, 5) is 8.60. The quantitative estimate of drug-likeness (QED) is 0.301. The van der Waals surface area contributed by atoms with Gasteiger partial charge in [-0.25, -0.2) is 4.99 Å². The topological polar surface area (TPSA) is 58.5 Å². The Morgan fingerprint density at radius 3 is 2.62 bits per heavy atom. The molecule has 0 unspecified atom stereocenters. The Hall–Kier alpha value is -1.83. The van der Waals surface area contributed by atoms with Gasteiger partial charge < -0.3 is 15.4 Å². The Labute approximate surface area is 161 Å². The van der Waals surface area contributed by atoms with Crippen molar-refractivity contribution in [2.45, 2.75) is 20.4 Å². The highest BCUT2D eigenvalue weighted by molar-refractivity contribution is 14.0. The van der Waals surface area contributed by atoms with Crippen LogP contribution in [-0.2, 0) is 6.54 Å². The van der Waals surface area contributed by atoms with Crippen LogP contribution in [0.1, 0.15) is 18.1 Å². The minimum atomic E-state index is 0. The molecule has 0 fully saturated rings. The number of aromatic nitrogens is 1. The molecule has 2 aromatic rings. The minimum absolute atomic E-state index is 0. The van der Waals surface area contributed by atoms with Gasteiger partial charge in [-0.1, -0.05) is 29.8 Å². The van der Waals surface area contributed by atoms with Crippen LogP contribution in [-0.4, -0.2) is 30.6 Å². The summed E-state index contributed by atoms with van der Waals surface area (Å²) in [6, 6.07) is 12.2. The number of guanidine groups is 1. The Kier molecular flexibility index (Phi) is 9.83. The van der Waals surface area contributed by atoms with Crippen LogP contribution >= 0.6 is 24.0 Å². The molecule has 0 saturated carbocycles. The lowest BCUT2D eigenvalue weighted by atomic mass is 10.1. The van der Waals surface area contributed by atoms with Gasteiger partial charge in [-0.05, 0) is 31.5 Å². The van der Waals surface area contributed by atoms with E-state index in [0.29, 0.717) is 19.7 Å². The Morgan fingerprint density at radius 2 is 1.96 bits per heavy atom. The Morgan fingerprint density at radius 1 is 1.17 bits per heavy atom. The summed E-state index contributed by atoms with van der Waals surface area (Å²) in [6.07, 6.45) is 3.43. The lowest BCUT2D eigenvalue weighted by Crippen LogP contribution is -2.39. The van der Waals surface area contributed by atoms with Crippen molar-refractivity contribution in [2.75, 3.05) is 19.7 Å². The summed E-state index contributed by atoms with van der Waals surface area (Å²) in [6.45, 7) is 6.84. The SMILES string of the molecule is CCNC(=NCc1ccc(C)cc1)NCCOc1cccnc1.I. The summed E-state index contributed by atoms with van der Waals surface area (Å²) in [7, 11) is 0. The molecule has 0 aliphatic heterocycles. The highest BCUT2D eigenvalue weighted by atomic mass is 127. The Bertz CT molecular complexity index is 602. The molecule has 0 spiro atoms.